The monoisotopic (exact) mass is 486 g/mol. The van der Waals surface area contributed by atoms with Crippen LogP contribution in [-0.2, 0) is 17.9 Å². The molecule has 1 aliphatic carbocycles. The van der Waals surface area contributed by atoms with Gasteiger partial charge in [-0.05, 0) is 55.7 Å². The summed E-state index contributed by atoms with van der Waals surface area (Å²) in [7, 11) is 0. The van der Waals surface area contributed by atoms with E-state index in [1.165, 1.54) is 4.88 Å². The first-order valence-corrected chi connectivity index (χ1v) is 12.1. The molecule has 0 N–H and O–H groups in total. The number of rotatable bonds is 8. The number of thiophene rings is 1. The molecule has 0 saturated heterocycles. The lowest BCUT2D eigenvalue weighted by Gasteiger charge is -2.28. The van der Waals surface area contributed by atoms with Crippen molar-refractivity contribution in [1.82, 2.24) is 9.80 Å². The Kier molecular flexibility index (Phi) is 7.19. The highest BCUT2D eigenvalue weighted by molar-refractivity contribution is 7.11. The van der Waals surface area contributed by atoms with Crippen molar-refractivity contribution >= 4 is 46.4 Å². The Balaban J connectivity index is 1.54. The number of amides is 2. The molecule has 166 valence electrons. The zero-order valence-electron chi connectivity index (χ0n) is 17.8. The van der Waals surface area contributed by atoms with Crippen LogP contribution in [0.15, 0.2) is 60.7 Å². The van der Waals surface area contributed by atoms with Crippen molar-refractivity contribution in [3.63, 3.8) is 0 Å². The van der Waals surface area contributed by atoms with Crippen molar-refractivity contribution in [3.05, 3.63) is 91.6 Å². The van der Waals surface area contributed by atoms with E-state index in [9.17, 15) is 9.59 Å². The highest BCUT2D eigenvalue weighted by Crippen LogP contribution is 2.30. The molecule has 1 fully saturated rings. The van der Waals surface area contributed by atoms with Gasteiger partial charge in [-0.15, -0.1) is 11.3 Å². The van der Waals surface area contributed by atoms with Crippen LogP contribution in [0.25, 0.3) is 0 Å². The normalized spacial score (nSPS) is 13.1. The minimum atomic E-state index is -0.211. The van der Waals surface area contributed by atoms with Gasteiger partial charge in [0.1, 0.15) is 6.54 Å². The minimum absolute atomic E-state index is 0.0326. The second-order valence-electron chi connectivity index (χ2n) is 8.07. The van der Waals surface area contributed by atoms with Gasteiger partial charge in [-0.3, -0.25) is 9.59 Å². The predicted molar refractivity (Wildman–Crippen MR) is 130 cm³/mol. The molecule has 0 unspecified atom stereocenters. The summed E-state index contributed by atoms with van der Waals surface area (Å²) in [6.45, 7) is 3.10. The van der Waals surface area contributed by atoms with Crippen molar-refractivity contribution in [2.24, 2.45) is 0 Å². The van der Waals surface area contributed by atoms with E-state index >= 15 is 0 Å². The number of carbonyl (C=O) groups is 2. The van der Waals surface area contributed by atoms with E-state index < -0.39 is 0 Å². The SMILES string of the molecule is Cc1ccc(CN(Cc2ccccc2)C(=O)CN(C(=O)c2cc(Cl)cc(Cl)c2)C2CC2)s1. The molecule has 1 aromatic heterocycles. The maximum atomic E-state index is 13.5. The molecule has 2 aromatic carbocycles. The van der Waals surface area contributed by atoms with E-state index in [2.05, 4.69) is 19.1 Å². The van der Waals surface area contributed by atoms with Gasteiger partial charge in [0.25, 0.3) is 5.91 Å². The van der Waals surface area contributed by atoms with E-state index in [-0.39, 0.29) is 24.4 Å². The second-order valence-corrected chi connectivity index (χ2v) is 10.3. The average molecular weight is 487 g/mol. The van der Waals surface area contributed by atoms with Crippen molar-refractivity contribution in [3.8, 4) is 0 Å². The third-order valence-electron chi connectivity index (χ3n) is 5.38. The van der Waals surface area contributed by atoms with Gasteiger partial charge in [-0.1, -0.05) is 53.5 Å². The summed E-state index contributed by atoms with van der Waals surface area (Å²) in [5.74, 6) is -0.287. The van der Waals surface area contributed by atoms with Crippen LogP contribution in [0.5, 0.6) is 0 Å². The summed E-state index contributed by atoms with van der Waals surface area (Å²) in [6.07, 6.45) is 1.80. The van der Waals surface area contributed by atoms with Crippen LogP contribution in [-0.4, -0.2) is 34.2 Å². The molecule has 7 heteroatoms. The van der Waals surface area contributed by atoms with Gasteiger partial charge in [0.2, 0.25) is 5.91 Å². The van der Waals surface area contributed by atoms with Crippen molar-refractivity contribution in [2.75, 3.05) is 6.54 Å². The Hall–Kier alpha value is -2.34. The molecule has 2 amide bonds. The van der Waals surface area contributed by atoms with Gasteiger partial charge in [-0.2, -0.15) is 0 Å². The lowest BCUT2D eigenvalue weighted by molar-refractivity contribution is -0.133. The standard InChI is InChI=1S/C25H24Cl2N2O2S/c1-17-7-10-23(32-17)15-28(14-18-5-3-2-4-6-18)24(30)16-29(22-8-9-22)25(31)19-11-20(26)13-21(27)12-19/h2-7,10-13,22H,8-9,14-16H2,1H3. The Labute approximate surface area is 202 Å². The molecule has 4 nitrogen and oxygen atoms in total. The van der Waals surface area contributed by atoms with E-state index in [0.29, 0.717) is 28.7 Å². The molecule has 4 rings (SSSR count). The largest absolute Gasteiger partial charge is 0.332 e. The average Bonchev–Trinajstić information content (AvgIpc) is 3.52. The fourth-order valence-electron chi connectivity index (χ4n) is 3.64. The fraction of sp³-hybridized carbons (Fsp3) is 0.280. The summed E-state index contributed by atoms with van der Waals surface area (Å²) in [5.41, 5.74) is 1.46. The zero-order chi connectivity index (χ0) is 22.7. The molecule has 0 spiro atoms. The van der Waals surface area contributed by atoms with Gasteiger partial charge >= 0.3 is 0 Å². The Morgan fingerprint density at radius 1 is 0.969 bits per heavy atom. The maximum Gasteiger partial charge on any atom is 0.254 e. The number of aryl methyl sites for hydroxylation is 1. The number of halogens is 2. The fourth-order valence-corrected chi connectivity index (χ4v) is 5.07. The van der Waals surface area contributed by atoms with Crippen LogP contribution < -0.4 is 0 Å². The molecule has 3 aromatic rings. The molecular formula is C25H24Cl2N2O2S. The lowest BCUT2D eigenvalue weighted by atomic mass is 10.2. The van der Waals surface area contributed by atoms with Gasteiger partial charge in [0.15, 0.2) is 0 Å². The summed E-state index contributed by atoms with van der Waals surface area (Å²) in [4.78, 5) is 32.5. The summed E-state index contributed by atoms with van der Waals surface area (Å²) < 4.78 is 0. The number of hydrogen-bond acceptors (Lipinski definition) is 3. The van der Waals surface area contributed by atoms with E-state index in [1.54, 1.807) is 34.4 Å². The quantitative estimate of drug-likeness (QED) is 0.380. The molecule has 0 radical (unpaired) electrons. The van der Waals surface area contributed by atoms with Gasteiger partial charge in [0.05, 0.1) is 6.54 Å². The topological polar surface area (TPSA) is 40.6 Å². The van der Waals surface area contributed by atoms with Gasteiger partial charge in [-0.25, -0.2) is 0 Å². The van der Waals surface area contributed by atoms with Crippen molar-refractivity contribution in [2.45, 2.75) is 38.9 Å². The third kappa shape index (κ3) is 5.91. The minimum Gasteiger partial charge on any atom is -0.332 e. The van der Waals surface area contributed by atoms with Gasteiger partial charge in [0, 0.05) is 37.9 Å². The molecule has 0 bridgehead atoms. The summed E-state index contributed by atoms with van der Waals surface area (Å²) in [5, 5.41) is 0.809. The highest BCUT2D eigenvalue weighted by atomic mass is 35.5. The number of nitrogens with zero attached hydrogens (tertiary/aromatic N) is 2. The lowest BCUT2D eigenvalue weighted by Crippen LogP contribution is -2.43. The molecule has 32 heavy (non-hydrogen) atoms. The van der Waals surface area contributed by atoms with Crippen molar-refractivity contribution < 1.29 is 9.59 Å². The first-order chi connectivity index (χ1) is 15.4. The van der Waals surface area contributed by atoms with Crippen LogP contribution in [0.4, 0.5) is 0 Å². The first-order valence-electron chi connectivity index (χ1n) is 10.5. The van der Waals surface area contributed by atoms with Crippen LogP contribution in [0.3, 0.4) is 0 Å². The molecule has 0 aliphatic heterocycles. The Morgan fingerprint density at radius 2 is 1.66 bits per heavy atom. The van der Waals surface area contributed by atoms with E-state index in [1.807, 2.05) is 35.2 Å². The summed E-state index contributed by atoms with van der Waals surface area (Å²) >= 11 is 13.9. The predicted octanol–water partition coefficient (Wildman–Crippen LogP) is 6.20. The molecule has 0 atom stereocenters. The molecular weight excluding hydrogens is 463 g/mol. The number of carbonyl (C=O) groups excluding carboxylic acids is 2. The Bertz CT molecular complexity index is 1090. The Morgan fingerprint density at radius 3 is 2.25 bits per heavy atom. The van der Waals surface area contributed by atoms with Crippen molar-refractivity contribution in [1.29, 1.82) is 0 Å². The van der Waals surface area contributed by atoms with Crippen LogP contribution in [0.2, 0.25) is 10.0 Å². The molecule has 1 heterocycles. The molecule has 1 saturated carbocycles. The highest BCUT2D eigenvalue weighted by Gasteiger charge is 2.35. The smallest absolute Gasteiger partial charge is 0.254 e. The van der Waals surface area contributed by atoms with Crippen LogP contribution in [0.1, 0.15) is 38.5 Å². The first kappa shape index (κ1) is 22.8. The second kappa shape index (κ2) is 10.1. The van der Waals surface area contributed by atoms with E-state index in [0.717, 1.165) is 23.3 Å². The van der Waals surface area contributed by atoms with E-state index in [4.69, 9.17) is 23.2 Å². The van der Waals surface area contributed by atoms with Gasteiger partial charge < -0.3 is 9.80 Å². The number of benzene rings is 2. The maximum absolute atomic E-state index is 13.5. The number of hydrogen-bond donors (Lipinski definition) is 0. The zero-order valence-corrected chi connectivity index (χ0v) is 20.1. The van der Waals surface area contributed by atoms with Crippen LogP contribution >= 0.6 is 34.5 Å². The molecule has 1 aliphatic rings. The van der Waals surface area contributed by atoms with Crippen LogP contribution in [0, 0.1) is 6.92 Å². The summed E-state index contributed by atoms with van der Waals surface area (Å²) in [6, 6.07) is 18.9. The third-order valence-corrected chi connectivity index (χ3v) is 6.80.